The third-order valence-corrected chi connectivity index (χ3v) is 5.01. The molecule has 0 saturated carbocycles. The first-order valence-electron chi connectivity index (χ1n) is 9.27. The lowest BCUT2D eigenvalue weighted by Crippen LogP contribution is -2.29. The summed E-state index contributed by atoms with van der Waals surface area (Å²) in [7, 11) is 1.50. The molecule has 0 spiro atoms. The summed E-state index contributed by atoms with van der Waals surface area (Å²) in [5, 5.41) is 10.9. The number of amides is 1. The van der Waals surface area contributed by atoms with Crippen LogP contribution in [-0.4, -0.2) is 23.9 Å². The molecule has 1 heterocycles. The van der Waals surface area contributed by atoms with Crippen LogP contribution in [0.5, 0.6) is 5.75 Å². The number of aliphatic hydroxyl groups is 1. The van der Waals surface area contributed by atoms with Crippen molar-refractivity contribution in [2.45, 2.75) is 6.04 Å². The smallest absolute Gasteiger partial charge is 0.300 e. The number of Topliss-reactive ketones (excluding diaryl/α,β-unsaturated/α-hetero) is 1. The Morgan fingerprint density at radius 3 is 2.33 bits per heavy atom. The van der Waals surface area contributed by atoms with Crippen LogP contribution < -0.4 is 9.64 Å². The number of carbonyl (C=O) groups excluding carboxylic acids is 2. The lowest BCUT2D eigenvalue weighted by atomic mass is 9.95. The first-order chi connectivity index (χ1) is 14.5. The van der Waals surface area contributed by atoms with Crippen molar-refractivity contribution in [1.29, 1.82) is 0 Å². The second kappa shape index (κ2) is 7.83. The van der Waals surface area contributed by atoms with Gasteiger partial charge in [-0.2, -0.15) is 0 Å². The molecule has 3 aromatic carbocycles. The van der Waals surface area contributed by atoms with Crippen LogP contribution in [-0.2, 0) is 9.59 Å². The fourth-order valence-corrected chi connectivity index (χ4v) is 3.57. The summed E-state index contributed by atoms with van der Waals surface area (Å²) in [6.07, 6.45) is 0. The van der Waals surface area contributed by atoms with Crippen molar-refractivity contribution in [3.63, 3.8) is 0 Å². The number of methoxy groups -OCH3 is 1. The molecule has 30 heavy (non-hydrogen) atoms. The normalized spacial score (nSPS) is 17.9. The van der Waals surface area contributed by atoms with E-state index in [0.717, 1.165) is 0 Å². The molecule has 1 atom stereocenters. The average molecular weight is 403 g/mol. The lowest BCUT2D eigenvalue weighted by molar-refractivity contribution is -0.132. The Kier molecular flexibility index (Phi) is 5.06. The summed E-state index contributed by atoms with van der Waals surface area (Å²) in [4.78, 5) is 27.3. The molecule has 150 valence electrons. The third kappa shape index (κ3) is 3.33. The van der Waals surface area contributed by atoms with E-state index in [1.54, 1.807) is 54.6 Å². The van der Waals surface area contributed by atoms with Crippen LogP contribution in [0.3, 0.4) is 0 Å². The zero-order valence-corrected chi connectivity index (χ0v) is 16.1. The number of carbonyl (C=O) groups is 2. The molecule has 0 radical (unpaired) electrons. The van der Waals surface area contributed by atoms with E-state index in [9.17, 15) is 19.1 Å². The van der Waals surface area contributed by atoms with Gasteiger partial charge in [-0.25, -0.2) is 4.39 Å². The SMILES string of the molecule is COc1cccc(N2C(=O)C(=O)/C(=C(/O)c3ccccc3)[C@@H]2c2ccc(F)cc2)c1. The highest BCUT2D eigenvalue weighted by atomic mass is 19.1. The van der Waals surface area contributed by atoms with E-state index in [0.29, 0.717) is 22.6 Å². The van der Waals surface area contributed by atoms with Crippen molar-refractivity contribution in [2.75, 3.05) is 12.0 Å². The van der Waals surface area contributed by atoms with Gasteiger partial charge in [-0.05, 0) is 29.8 Å². The highest BCUT2D eigenvalue weighted by molar-refractivity contribution is 6.51. The number of ketones is 1. The molecule has 1 aliphatic rings. The highest BCUT2D eigenvalue weighted by Gasteiger charge is 2.47. The fourth-order valence-electron chi connectivity index (χ4n) is 3.57. The van der Waals surface area contributed by atoms with Gasteiger partial charge in [0.2, 0.25) is 0 Å². The first kappa shape index (κ1) is 19.4. The summed E-state index contributed by atoms with van der Waals surface area (Å²) >= 11 is 0. The number of anilines is 1. The molecule has 0 bridgehead atoms. The molecule has 3 aromatic rings. The maximum absolute atomic E-state index is 13.5. The number of ether oxygens (including phenoxy) is 1. The Morgan fingerprint density at radius 1 is 0.967 bits per heavy atom. The zero-order valence-electron chi connectivity index (χ0n) is 16.1. The Labute approximate surface area is 172 Å². The Bertz CT molecular complexity index is 1140. The molecular formula is C24H18FNO4. The lowest BCUT2D eigenvalue weighted by Gasteiger charge is -2.25. The van der Waals surface area contributed by atoms with E-state index < -0.39 is 23.5 Å². The quantitative estimate of drug-likeness (QED) is 0.397. The monoisotopic (exact) mass is 403 g/mol. The van der Waals surface area contributed by atoms with Gasteiger partial charge in [0.05, 0.1) is 18.7 Å². The summed E-state index contributed by atoms with van der Waals surface area (Å²) in [6.45, 7) is 0. The predicted molar refractivity (Wildman–Crippen MR) is 111 cm³/mol. The van der Waals surface area contributed by atoms with Crippen LogP contribution in [0.4, 0.5) is 10.1 Å². The van der Waals surface area contributed by atoms with E-state index in [2.05, 4.69) is 0 Å². The number of nitrogens with zero attached hydrogens (tertiary/aromatic N) is 1. The van der Waals surface area contributed by atoms with Gasteiger partial charge in [0.15, 0.2) is 0 Å². The molecule has 1 saturated heterocycles. The minimum Gasteiger partial charge on any atom is -0.507 e. The second-order valence-electron chi connectivity index (χ2n) is 6.79. The first-order valence-corrected chi connectivity index (χ1v) is 9.27. The van der Waals surface area contributed by atoms with Crippen LogP contribution in [0.25, 0.3) is 5.76 Å². The third-order valence-electron chi connectivity index (χ3n) is 5.01. The largest absolute Gasteiger partial charge is 0.507 e. The summed E-state index contributed by atoms with van der Waals surface area (Å²) in [6, 6.07) is 19.8. The molecule has 1 fully saturated rings. The van der Waals surface area contributed by atoms with E-state index in [-0.39, 0.29) is 11.3 Å². The van der Waals surface area contributed by atoms with Gasteiger partial charge in [0, 0.05) is 17.3 Å². The van der Waals surface area contributed by atoms with Crippen molar-refractivity contribution in [3.05, 3.63) is 101 Å². The average Bonchev–Trinajstić information content (AvgIpc) is 3.05. The van der Waals surface area contributed by atoms with Gasteiger partial charge in [-0.1, -0.05) is 48.5 Å². The van der Waals surface area contributed by atoms with Gasteiger partial charge in [0.1, 0.15) is 17.3 Å². The standard InChI is InChI=1S/C24H18FNO4/c1-30-19-9-5-8-18(14-19)26-21(15-10-12-17(25)13-11-15)20(23(28)24(26)29)22(27)16-6-3-2-4-7-16/h2-14,21,27H,1H3/b22-20+/t21-/m0/s1. The van der Waals surface area contributed by atoms with Gasteiger partial charge >= 0.3 is 0 Å². The van der Waals surface area contributed by atoms with Crippen molar-refractivity contribution < 1.29 is 23.8 Å². The van der Waals surface area contributed by atoms with Crippen molar-refractivity contribution in [1.82, 2.24) is 0 Å². The fraction of sp³-hybridized carbons (Fsp3) is 0.0833. The van der Waals surface area contributed by atoms with Crippen LogP contribution in [0.1, 0.15) is 17.2 Å². The van der Waals surface area contributed by atoms with E-state index in [1.807, 2.05) is 0 Å². The van der Waals surface area contributed by atoms with Crippen LogP contribution >= 0.6 is 0 Å². The van der Waals surface area contributed by atoms with Gasteiger partial charge in [-0.3, -0.25) is 14.5 Å². The zero-order chi connectivity index (χ0) is 21.3. The molecular weight excluding hydrogens is 385 g/mol. The molecule has 0 unspecified atom stereocenters. The molecule has 4 rings (SSSR count). The molecule has 1 aliphatic heterocycles. The molecule has 0 aromatic heterocycles. The second-order valence-corrected chi connectivity index (χ2v) is 6.79. The molecule has 5 nitrogen and oxygen atoms in total. The minimum atomic E-state index is -0.919. The minimum absolute atomic E-state index is 0.0550. The Morgan fingerprint density at radius 2 is 1.67 bits per heavy atom. The maximum atomic E-state index is 13.5. The van der Waals surface area contributed by atoms with Gasteiger partial charge in [-0.15, -0.1) is 0 Å². The summed E-state index contributed by atoms with van der Waals surface area (Å²) in [5.41, 5.74) is 1.28. The van der Waals surface area contributed by atoms with Gasteiger partial charge in [0.25, 0.3) is 11.7 Å². The van der Waals surface area contributed by atoms with E-state index in [4.69, 9.17) is 4.74 Å². The Balaban J connectivity index is 1.94. The van der Waals surface area contributed by atoms with Crippen LogP contribution in [0.2, 0.25) is 0 Å². The molecule has 6 heteroatoms. The number of halogens is 1. The van der Waals surface area contributed by atoms with Crippen molar-refractivity contribution in [3.8, 4) is 5.75 Å². The number of hydrogen-bond acceptors (Lipinski definition) is 4. The Hall–Kier alpha value is -3.93. The maximum Gasteiger partial charge on any atom is 0.300 e. The molecule has 0 aliphatic carbocycles. The van der Waals surface area contributed by atoms with Crippen molar-refractivity contribution in [2.24, 2.45) is 0 Å². The molecule has 1 amide bonds. The predicted octanol–water partition coefficient (Wildman–Crippen LogP) is 4.46. The topological polar surface area (TPSA) is 66.8 Å². The number of benzene rings is 3. The number of hydrogen-bond donors (Lipinski definition) is 1. The van der Waals surface area contributed by atoms with E-state index in [1.165, 1.54) is 36.3 Å². The van der Waals surface area contributed by atoms with Crippen molar-refractivity contribution >= 4 is 23.1 Å². The van der Waals surface area contributed by atoms with Crippen LogP contribution in [0.15, 0.2) is 84.4 Å². The van der Waals surface area contributed by atoms with E-state index >= 15 is 0 Å². The highest BCUT2D eigenvalue weighted by Crippen LogP contribution is 2.42. The number of rotatable bonds is 4. The summed E-state index contributed by atoms with van der Waals surface area (Å²) in [5.74, 6) is -1.81. The molecule has 1 N–H and O–H groups in total. The number of aliphatic hydroxyl groups excluding tert-OH is 1. The summed E-state index contributed by atoms with van der Waals surface area (Å²) < 4.78 is 18.8. The van der Waals surface area contributed by atoms with Gasteiger partial charge < -0.3 is 9.84 Å². The van der Waals surface area contributed by atoms with Crippen LogP contribution in [0, 0.1) is 5.82 Å².